The zero-order valence-corrected chi connectivity index (χ0v) is 15.6. The molecule has 0 saturated carbocycles. The first-order valence-electron chi connectivity index (χ1n) is 8.44. The zero-order chi connectivity index (χ0) is 18.8. The Morgan fingerprint density at radius 2 is 1.63 bits per heavy atom. The molecular weight excluding hydrogens is 360 g/mol. The van der Waals surface area contributed by atoms with Crippen LogP contribution in [0.3, 0.4) is 0 Å². The number of fused-ring (bicyclic) bond motifs is 1. The fraction of sp³-hybridized carbons (Fsp3) is 0.100. The van der Waals surface area contributed by atoms with Gasteiger partial charge in [-0.1, -0.05) is 23.7 Å². The fourth-order valence-electron chi connectivity index (χ4n) is 2.66. The van der Waals surface area contributed by atoms with Crippen LogP contribution in [0.5, 0.6) is 0 Å². The van der Waals surface area contributed by atoms with E-state index in [0.717, 1.165) is 11.4 Å². The van der Waals surface area contributed by atoms with Crippen molar-refractivity contribution in [3.63, 3.8) is 0 Å². The Bertz CT molecular complexity index is 1130. The highest BCUT2D eigenvalue weighted by atomic mass is 35.5. The van der Waals surface area contributed by atoms with Crippen LogP contribution in [0.1, 0.15) is 11.1 Å². The molecule has 7 heteroatoms. The molecule has 0 fully saturated rings. The second kappa shape index (κ2) is 7.17. The molecule has 0 aliphatic rings. The number of nitrogens with zero attached hydrogens (tertiary/aromatic N) is 4. The number of rotatable bonds is 4. The van der Waals surface area contributed by atoms with Crippen molar-refractivity contribution in [3.05, 3.63) is 71.0 Å². The standard InChI is InChI=1S/C20H17ClN6/c1-12-6-7-16(10-13(12)2)24-19-17-18(23-9-8-22-17)26-20(27-19)25-15-5-3-4-14(21)11-15/h3-11H,1-2H3,(H2,23,24,25,26,27). The van der Waals surface area contributed by atoms with E-state index < -0.39 is 0 Å². The van der Waals surface area contributed by atoms with Gasteiger partial charge in [0.15, 0.2) is 17.0 Å². The monoisotopic (exact) mass is 376 g/mol. The molecule has 2 heterocycles. The predicted molar refractivity (Wildman–Crippen MR) is 109 cm³/mol. The molecule has 6 nitrogen and oxygen atoms in total. The maximum Gasteiger partial charge on any atom is 0.231 e. The van der Waals surface area contributed by atoms with Crippen molar-refractivity contribution in [1.29, 1.82) is 0 Å². The predicted octanol–water partition coefficient (Wildman–Crippen LogP) is 5.18. The first kappa shape index (κ1) is 17.2. The topological polar surface area (TPSA) is 75.6 Å². The highest BCUT2D eigenvalue weighted by molar-refractivity contribution is 6.30. The van der Waals surface area contributed by atoms with Crippen LogP contribution in [0.25, 0.3) is 11.2 Å². The third kappa shape index (κ3) is 3.80. The number of aromatic nitrogens is 4. The number of benzene rings is 2. The minimum Gasteiger partial charge on any atom is -0.338 e. The van der Waals surface area contributed by atoms with Gasteiger partial charge < -0.3 is 10.6 Å². The van der Waals surface area contributed by atoms with E-state index in [1.165, 1.54) is 11.1 Å². The summed E-state index contributed by atoms with van der Waals surface area (Å²) in [5.74, 6) is 0.998. The van der Waals surface area contributed by atoms with Crippen LogP contribution in [-0.4, -0.2) is 19.9 Å². The summed E-state index contributed by atoms with van der Waals surface area (Å²) < 4.78 is 0. The summed E-state index contributed by atoms with van der Waals surface area (Å²) in [6.45, 7) is 4.15. The summed E-state index contributed by atoms with van der Waals surface area (Å²) in [5.41, 5.74) is 5.26. The number of hydrogen-bond acceptors (Lipinski definition) is 6. The lowest BCUT2D eigenvalue weighted by Gasteiger charge is -2.12. The summed E-state index contributed by atoms with van der Waals surface area (Å²) in [7, 11) is 0. The molecule has 134 valence electrons. The second-order valence-electron chi connectivity index (χ2n) is 6.18. The molecule has 0 saturated heterocycles. The lowest BCUT2D eigenvalue weighted by Crippen LogP contribution is -2.04. The van der Waals surface area contributed by atoms with E-state index in [2.05, 4.69) is 56.5 Å². The Hall–Kier alpha value is -3.25. The number of nitrogens with one attached hydrogen (secondary N) is 2. The molecule has 0 atom stereocenters. The molecule has 2 N–H and O–H groups in total. The van der Waals surface area contributed by atoms with Gasteiger partial charge in [-0.25, -0.2) is 9.97 Å². The molecule has 2 aromatic carbocycles. The van der Waals surface area contributed by atoms with Gasteiger partial charge in [-0.15, -0.1) is 0 Å². The van der Waals surface area contributed by atoms with Gasteiger partial charge in [0.05, 0.1) is 0 Å². The van der Waals surface area contributed by atoms with Gasteiger partial charge in [0.25, 0.3) is 0 Å². The maximum absolute atomic E-state index is 6.06. The molecular formula is C20H17ClN6. The first-order valence-corrected chi connectivity index (χ1v) is 8.82. The number of halogens is 1. The summed E-state index contributed by atoms with van der Waals surface area (Å²) in [6.07, 6.45) is 3.24. The van der Waals surface area contributed by atoms with E-state index in [4.69, 9.17) is 11.6 Å². The van der Waals surface area contributed by atoms with Crippen molar-refractivity contribution < 1.29 is 0 Å². The molecule has 0 amide bonds. The Labute approximate surface area is 161 Å². The molecule has 0 unspecified atom stereocenters. The van der Waals surface area contributed by atoms with Crippen LogP contribution < -0.4 is 10.6 Å². The van der Waals surface area contributed by atoms with Gasteiger partial charge in [0.2, 0.25) is 5.95 Å². The van der Waals surface area contributed by atoms with Gasteiger partial charge in [-0.2, -0.15) is 9.97 Å². The molecule has 4 aromatic rings. The summed E-state index contributed by atoms with van der Waals surface area (Å²) in [6, 6.07) is 13.5. The van der Waals surface area contributed by atoms with Crippen LogP contribution in [0.4, 0.5) is 23.1 Å². The molecule has 27 heavy (non-hydrogen) atoms. The Balaban J connectivity index is 1.75. The normalized spacial score (nSPS) is 10.8. The van der Waals surface area contributed by atoms with E-state index in [1.54, 1.807) is 12.4 Å². The fourth-order valence-corrected chi connectivity index (χ4v) is 2.85. The summed E-state index contributed by atoms with van der Waals surface area (Å²) >= 11 is 6.06. The molecule has 0 bridgehead atoms. The zero-order valence-electron chi connectivity index (χ0n) is 14.9. The Morgan fingerprint density at radius 1 is 0.815 bits per heavy atom. The lowest BCUT2D eigenvalue weighted by molar-refractivity contribution is 1.15. The van der Waals surface area contributed by atoms with E-state index in [0.29, 0.717) is 28.0 Å². The van der Waals surface area contributed by atoms with Gasteiger partial charge in [0.1, 0.15) is 0 Å². The van der Waals surface area contributed by atoms with Crippen LogP contribution in [0, 0.1) is 13.8 Å². The molecule has 0 spiro atoms. The average molecular weight is 377 g/mol. The third-order valence-electron chi connectivity index (χ3n) is 4.18. The van der Waals surface area contributed by atoms with Crippen LogP contribution >= 0.6 is 11.6 Å². The van der Waals surface area contributed by atoms with Crippen molar-refractivity contribution in [3.8, 4) is 0 Å². The van der Waals surface area contributed by atoms with E-state index in [1.807, 2.05) is 30.3 Å². The highest BCUT2D eigenvalue weighted by Crippen LogP contribution is 2.25. The average Bonchev–Trinajstić information content (AvgIpc) is 2.65. The third-order valence-corrected chi connectivity index (χ3v) is 4.42. The van der Waals surface area contributed by atoms with Crippen LogP contribution in [0.2, 0.25) is 5.02 Å². The van der Waals surface area contributed by atoms with Crippen LogP contribution in [-0.2, 0) is 0 Å². The van der Waals surface area contributed by atoms with Gasteiger partial charge in [-0.05, 0) is 55.3 Å². The Morgan fingerprint density at radius 3 is 2.44 bits per heavy atom. The van der Waals surface area contributed by atoms with Crippen molar-refractivity contribution in [2.45, 2.75) is 13.8 Å². The highest BCUT2D eigenvalue weighted by Gasteiger charge is 2.11. The van der Waals surface area contributed by atoms with Gasteiger partial charge in [-0.3, -0.25) is 0 Å². The van der Waals surface area contributed by atoms with E-state index >= 15 is 0 Å². The Kier molecular flexibility index (Phi) is 4.56. The van der Waals surface area contributed by atoms with Crippen molar-refractivity contribution in [2.24, 2.45) is 0 Å². The molecule has 2 aromatic heterocycles. The number of hydrogen-bond donors (Lipinski definition) is 2. The first-order chi connectivity index (χ1) is 13.1. The minimum absolute atomic E-state index is 0.414. The largest absolute Gasteiger partial charge is 0.338 e. The molecule has 0 radical (unpaired) electrons. The SMILES string of the molecule is Cc1ccc(Nc2nc(Nc3cccc(Cl)c3)nc3nccnc23)cc1C. The minimum atomic E-state index is 0.414. The second-order valence-corrected chi connectivity index (χ2v) is 6.62. The summed E-state index contributed by atoms with van der Waals surface area (Å²) in [5, 5.41) is 7.14. The molecule has 4 rings (SSSR count). The van der Waals surface area contributed by atoms with Crippen molar-refractivity contribution >= 4 is 45.9 Å². The summed E-state index contributed by atoms with van der Waals surface area (Å²) in [4.78, 5) is 17.7. The number of aryl methyl sites for hydroxylation is 2. The lowest BCUT2D eigenvalue weighted by atomic mass is 10.1. The maximum atomic E-state index is 6.06. The molecule has 0 aliphatic carbocycles. The van der Waals surface area contributed by atoms with Crippen molar-refractivity contribution in [2.75, 3.05) is 10.6 Å². The molecule has 0 aliphatic heterocycles. The van der Waals surface area contributed by atoms with Crippen LogP contribution in [0.15, 0.2) is 54.9 Å². The van der Waals surface area contributed by atoms with Gasteiger partial charge in [0, 0.05) is 28.8 Å². The van der Waals surface area contributed by atoms with Crippen molar-refractivity contribution in [1.82, 2.24) is 19.9 Å². The number of anilines is 4. The smallest absolute Gasteiger partial charge is 0.231 e. The van der Waals surface area contributed by atoms with E-state index in [-0.39, 0.29) is 0 Å². The van der Waals surface area contributed by atoms with Gasteiger partial charge >= 0.3 is 0 Å². The quantitative estimate of drug-likeness (QED) is 0.511. The van der Waals surface area contributed by atoms with E-state index in [9.17, 15) is 0 Å².